The summed E-state index contributed by atoms with van der Waals surface area (Å²) in [5.41, 5.74) is 1.21. The molecule has 3 heterocycles. The molecule has 8 heteroatoms. The first-order valence-electron chi connectivity index (χ1n) is 9.61. The van der Waals surface area contributed by atoms with Gasteiger partial charge in [-0.1, -0.05) is 48.6 Å². The number of rotatable bonds is 6. The minimum Gasteiger partial charge on any atom is -0.339 e. The number of aromatic amines is 1. The monoisotopic (exact) mass is 425 g/mol. The maximum Gasteiger partial charge on any atom is 0.242 e. The lowest BCUT2D eigenvalue weighted by Gasteiger charge is -2.34. The Morgan fingerprint density at radius 3 is 2.66 bits per heavy atom. The number of H-pyrrole nitrogens is 1. The largest absolute Gasteiger partial charge is 0.339 e. The number of piperazine rings is 1. The summed E-state index contributed by atoms with van der Waals surface area (Å²) in [6, 6.07) is 14.2. The van der Waals surface area contributed by atoms with Crippen LogP contribution in [-0.2, 0) is 11.3 Å². The fourth-order valence-corrected chi connectivity index (χ4v) is 4.29. The molecule has 0 aliphatic carbocycles. The van der Waals surface area contributed by atoms with Gasteiger partial charge in [-0.15, -0.1) is 11.3 Å². The Morgan fingerprint density at radius 2 is 1.93 bits per heavy atom. The van der Waals surface area contributed by atoms with Crippen molar-refractivity contribution in [2.75, 3.05) is 32.7 Å². The van der Waals surface area contributed by atoms with Crippen molar-refractivity contribution in [3.8, 4) is 10.7 Å². The molecule has 0 radical (unpaired) electrons. The van der Waals surface area contributed by atoms with E-state index in [4.69, 9.17) is 12.2 Å². The smallest absolute Gasteiger partial charge is 0.242 e. The number of carbonyl (C=O) groups is 1. The molecule has 1 N–H and O–H groups in total. The molecule has 0 unspecified atom stereocenters. The molecule has 3 aromatic rings. The van der Waals surface area contributed by atoms with Gasteiger partial charge in [-0.25, -0.2) is 0 Å². The predicted molar refractivity (Wildman–Crippen MR) is 119 cm³/mol. The molecule has 150 valence electrons. The SMILES string of the molecule is O=C(Cn1c(-c2cccs2)n[nH]c1=S)N1CCN(C/C=C/c2ccccc2)CC1. The second-order valence-corrected chi connectivity index (χ2v) is 8.24. The number of hydrogen-bond donors (Lipinski definition) is 1. The van der Waals surface area contributed by atoms with Gasteiger partial charge < -0.3 is 4.90 Å². The molecule has 29 heavy (non-hydrogen) atoms. The van der Waals surface area contributed by atoms with Crippen LogP contribution in [0.2, 0.25) is 0 Å². The van der Waals surface area contributed by atoms with Crippen molar-refractivity contribution in [3.05, 3.63) is 64.3 Å². The Bertz CT molecular complexity index is 1020. The molecule has 0 bridgehead atoms. The molecule has 6 nitrogen and oxygen atoms in total. The van der Waals surface area contributed by atoms with Crippen LogP contribution in [0, 0.1) is 4.77 Å². The normalized spacial score (nSPS) is 15.2. The van der Waals surface area contributed by atoms with E-state index in [1.807, 2.05) is 40.6 Å². The third-order valence-corrected chi connectivity index (χ3v) is 6.17. The summed E-state index contributed by atoms with van der Waals surface area (Å²) in [6.07, 6.45) is 4.33. The van der Waals surface area contributed by atoms with E-state index in [1.54, 1.807) is 15.9 Å². The van der Waals surface area contributed by atoms with Gasteiger partial charge in [-0.05, 0) is 29.2 Å². The molecular formula is C21H23N5OS2. The van der Waals surface area contributed by atoms with E-state index < -0.39 is 0 Å². The Labute approximate surface area is 179 Å². The van der Waals surface area contributed by atoms with Gasteiger partial charge in [0.15, 0.2) is 10.6 Å². The molecule has 0 saturated carbocycles. The van der Waals surface area contributed by atoms with Gasteiger partial charge in [-0.2, -0.15) is 5.10 Å². The summed E-state index contributed by atoms with van der Waals surface area (Å²) in [5.74, 6) is 0.808. The third-order valence-electron chi connectivity index (χ3n) is 4.99. The highest BCUT2D eigenvalue weighted by Crippen LogP contribution is 2.22. The van der Waals surface area contributed by atoms with Gasteiger partial charge in [-0.3, -0.25) is 19.4 Å². The first-order chi connectivity index (χ1) is 14.2. The van der Waals surface area contributed by atoms with Crippen LogP contribution in [0.4, 0.5) is 0 Å². The first kappa shape index (κ1) is 19.8. The van der Waals surface area contributed by atoms with E-state index in [2.05, 4.69) is 39.4 Å². The fourth-order valence-electron chi connectivity index (χ4n) is 3.38. The average Bonchev–Trinajstić information content (AvgIpc) is 3.40. The zero-order valence-electron chi connectivity index (χ0n) is 16.0. The van der Waals surface area contributed by atoms with Crippen molar-refractivity contribution < 1.29 is 4.79 Å². The minimum atomic E-state index is 0.0831. The van der Waals surface area contributed by atoms with E-state index in [1.165, 1.54) is 5.56 Å². The van der Waals surface area contributed by atoms with Crippen LogP contribution in [0.3, 0.4) is 0 Å². The lowest BCUT2D eigenvalue weighted by Crippen LogP contribution is -2.49. The topological polar surface area (TPSA) is 57.2 Å². The van der Waals surface area contributed by atoms with Crippen molar-refractivity contribution >= 4 is 35.5 Å². The molecule has 0 spiro atoms. The summed E-state index contributed by atoms with van der Waals surface area (Å²) in [7, 11) is 0. The number of hydrogen-bond acceptors (Lipinski definition) is 5. The summed E-state index contributed by atoms with van der Waals surface area (Å²) in [5, 5.41) is 9.10. The Balaban J connectivity index is 1.30. The number of amides is 1. The Hall–Kier alpha value is -2.55. The lowest BCUT2D eigenvalue weighted by molar-refractivity contribution is -0.133. The molecule has 1 fully saturated rings. The third kappa shape index (κ3) is 4.90. The standard InChI is InChI=1S/C21H23N5OS2/c27-19(16-26-20(22-23-21(26)28)18-9-5-15-29-18)25-13-11-24(12-14-25)10-4-8-17-6-2-1-3-7-17/h1-9,15H,10-14,16H2,(H,23,28)/b8-4+. The van der Waals surface area contributed by atoms with Crippen LogP contribution in [-0.4, -0.2) is 63.2 Å². The maximum atomic E-state index is 12.8. The Morgan fingerprint density at radius 1 is 1.14 bits per heavy atom. The molecule has 4 rings (SSSR count). The van der Waals surface area contributed by atoms with Crippen LogP contribution < -0.4 is 0 Å². The minimum absolute atomic E-state index is 0.0831. The molecule has 1 aliphatic rings. The number of thiophene rings is 1. The van der Waals surface area contributed by atoms with E-state index >= 15 is 0 Å². The van der Waals surface area contributed by atoms with Gasteiger partial charge >= 0.3 is 0 Å². The zero-order chi connectivity index (χ0) is 20.1. The van der Waals surface area contributed by atoms with E-state index in [0.29, 0.717) is 4.77 Å². The van der Waals surface area contributed by atoms with Crippen LogP contribution >= 0.6 is 23.6 Å². The quantitative estimate of drug-likeness (QED) is 0.614. The number of aromatic nitrogens is 3. The highest BCUT2D eigenvalue weighted by Gasteiger charge is 2.22. The average molecular weight is 426 g/mol. The number of carbonyl (C=O) groups excluding carboxylic acids is 1. The van der Waals surface area contributed by atoms with Gasteiger partial charge in [0, 0.05) is 32.7 Å². The van der Waals surface area contributed by atoms with Gasteiger partial charge in [0.2, 0.25) is 5.91 Å². The maximum absolute atomic E-state index is 12.8. The summed E-state index contributed by atoms with van der Waals surface area (Å²) < 4.78 is 2.27. The summed E-state index contributed by atoms with van der Waals surface area (Å²) in [6.45, 7) is 4.33. The fraction of sp³-hybridized carbons (Fsp3) is 0.286. The van der Waals surface area contributed by atoms with Gasteiger partial charge in [0.1, 0.15) is 6.54 Å². The van der Waals surface area contributed by atoms with Crippen molar-refractivity contribution in [1.29, 1.82) is 0 Å². The highest BCUT2D eigenvalue weighted by molar-refractivity contribution is 7.71. The van der Waals surface area contributed by atoms with Gasteiger partial charge in [0.05, 0.1) is 4.88 Å². The van der Waals surface area contributed by atoms with E-state index in [0.717, 1.165) is 43.4 Å². The van der Waals surface area contributed by atoms with E-state index in [-0.39, 0.29) is 12.5 Å². The summed E-state index contributed by atoms with van der Waals surface area (Å²) in [4.78, 5) is 18.1. The van der Waals surface area contributed by atoms with Crippen molar-refractivity contribution in [2.45, 2.75) is 6.54 Å². The number of nitrogens with one attached hydrogen (secondary N) is 1. The van der Waals surface area contributed by atoms with Crippen molar-refractivity contribution in [3.63, 3.8) is 0 Å². The van der Waals surface area contributed by atoms with Crippen molar-refractivity contribution in [2.24, 2.45) is 0 Å². The second kappa shape index (κ2) is 9.30. The van der Waals surface area contributed by atoms with Crippen LogP contribution in [0.5, 0.6) is 0 Å². The molecule has 1 saturated heterocycles. The molecular weight excluding hydrogens is 402 g/mol. The van der Waals surface area contributed by atoms with Gasteiger partial charge in [0.25, 0.3) is 0 Å². The Kier molecular flexibility index (Phi) is 6.33. The molecule has 1 amide bonds. The summed E-state index contributed by atoms with van der Waals surface area (Å²) >= 11 is 6.92. The van der Waals surface area contributed by atoms with Crippen LogP contribution in [0.1, 0.15) is 5.56 Å². The molecule has 1 aromatic carbocycles. The number of nitrogens with zero attached hydrogens (tertiary/aromatic N) is 4. The molecule has 1 aliphatic heterocycles. The lowest BCUT2D eigenvalue weighted by atomic mass is 10.2. The zero-order valence-corrected chi connectivity index (χ0v) is 17.7. The highest BCUT2D eigenvalue weighted by atomic mass is 32.1. The molecule has 0 atom stereocenters. The van der Waals surface area contributed by atoms with E-state index in [9.17, 15) is 4.79 Å². The predicted octanol–water partition coefficient (Wildman–Crippen LogP) is 3.53. The van der Waals surface area contributed by atoms with Crippen LogP contribution in [0.15, 0.2) is 53.9 Å². The van der Waals surface area contributed by atoms with Crippen LogP contribution in [0.25, 0.3) is 16.8 Å². The molecule has 2 aromatic heterocycles. The number of benzene rings is 1. The van der Waals surface area contributed by atoms with Crippen molar-refractivity contribution in [1.82, 2.24) is 24.6 Å². The second-order valence-electron chi connectivity index (χ2n) is 6.91. The first-order valence-corrected chi connectivity index (χ1v) is 10.9.